The zero-order valence-electron chi connectivity index (χ0n) is 8.84. The van der Waals surface area contributed by atoms with Crippen molar-refractivity contribution in [2.24, 2.45) is 0 Å². The number of ether oxygens (including phenoxy) is 1. The Hall–Kier alpha value is -1.02. The number of rotatable bonds is 3. The SMILES string of the molecule is CCc1ccc(OC)c([C@H]2CCN2)c1. The lowest BCUT2D eigenvalue weighted by Crippen LogP contribution is -2.35. The molecule has 0 radical (unpaired) electrons. The summed E-state index contributed by atoms with van der Waals surface area (Å²) in [6.07, 6.45) is 2.31. The molecule has 0 bridgehead atoms. The van der Waals surface area contributed by atoms with E-state index in [-0.39, 0.29) is 0 Å². The van der Waals surface area contributed by atoms with Gasteiger partial charge >= 0.3 is 0 Å². The van der Waals surface area contributed by atoms with Crippen LogP contribution in [0, 0.1) is 0 Å². The highest BCUT2D eigenvalue weighted by molar-refractivity contribution is 5.40. The van der Waals surface area contributed by atoms with Gasteiger partial charge in [-0.3, -0.25) is 0 Å². The minimum Gasteiger partial charge on any atom is -0.496 e. The first-order valence-electron chi connectivity index (χ1n) is 5.25. The topological polar surface area (TPSA) is 21.3 Å². The van der Waals surface area contributed by atoms with Crippen LogP contribution in [0.15, 0.2) is 18.2 Å². The Labute approximate surface area is 85.3 Å². The third-order valence-electron chi connectivity index (χ3n) is 2.90. The molecule has 0 aliphatic carbocycles. The molecule has 1 aromatic rings. The predicted molar refractivity (Wildman–Crippen MR) is 57.7 cm³/mol. The Morgan fingerprint density at radius 1 is 1.50 bits per heavy atom. The second-order valence-electron chi connectivity index (χ2n) is 3.73. The zero-order valence-corrected chi connectivity index (χ0v) is 8.84. The molecule has 1 N–H and O–H groups in total. The van der Waals surface area contributed by atoms with E-state index < -0.39 is 0 Å². The number of hydrogen-bond donors (Lipinski definition) is 1. The molecule has 1 saturated heterocycles. The van der Waals surface area contributed by atoms with Crippen LogP contribution in [-0.2, 0) is 6.42 Å². The highest BCUT2D eigenvalue weighted by Gasteiger charge is 2.21. The standard InChI is InChI=1S/C12H17NO/c1-3-9-4-5-12(14-2)10(8-9)11-6-7-13-11/h4-5,8,11,13H,3,6-7H2,1-2H3/t11-/m1/s1. The second-order valence-corrected chi connectivity index (χ2v) is 3.73. The van der Waals surface area contributed by atoms with Crippen molar-refractivity contribution in [1.29, 1.82) is 0 Å². The maximum atomic E-state index is 5.36. The first kappa shape index (κ1) is 9.53. The number of nitrogens with one attached hydrogen (secondary N) is 1. The minimum atomic E-state index is 0.511. The summed E-state index contributed by atoms with van der Waals surface area (Å²) in [5.41, 5.74) is 2.70. The third-order valence-corrected chi connectivity index (χ3v) is 2.90. The van der Waals surface area contributed by atoms with Gasteiger partial charge in [0.05, 0.1) is 7.11 Å². The van der Waals surface area contributed by atoms with Gasteiger partial charge < -0.3 is 10.1 Å². The van der Waals surface area contributed by atoms with Crippen molar-refractivity contribution in [1.82, 2.24) is 5.32 Å². The summed E-state index contributed by atoms with van der Waals surface area (Å²) in [4.78, 5) is 0. The van der Waals surface area contributed by atoms with Gasteiger partial charge in [-0.1, -0.05) is 19.1 Å². The second kappa shape index (κ2) is 4.01. The van der Waals surface area contributed by atoms with Crippen molar-refractivity contribution in [2.45, 2.75) is 25.8 Å². The van der Waals surface area contributed by atoms with Crippen LogP contribution in [-0.4, -0.2) is 13.7 Å². The van der Waals surface area contributed by atoms with E-state index in [1.165, 1.54) is 17.5 Å². The van der Waals surface area contributed by atoms with Crippen LogP contribution in [0.3, 0.4) is 0 Å². The lowest BCUT2D eigenvalue weighted by Gasteiger charge is -2.29. The average Bonchev–Trinajstić information content (AvgIpc) is 2.15. The normalized spacial score (nSPS) is 20.3. The Balaban J connectivity index is 2.31. The first-order valence-corrected chi connectivity index (χ1v) is 5.25. The van der Waals surface area contributed by atoms with E-state index in [0.717, 1.165) is 18.7 Å². The molecule has 1 atom stereocenters. The Morgan fingerprint density at radius 2 is 2.29 bits per heavy atom. The summed E-state index contributed by atoms with van der Waals surface area (Å²) < 4.78 is 5.36. The van der Waals surface area contributed by atoms with Gasteiger partial charge in [0.25, 0.3) is 0 Å². The smallest absolute Gasteiger partial charge is 0.123 e. The van der Waals surface area contributed by atoms with Crippen molar-refractivity contribution in [3.8, 4) is 5.75 Å². The summed E-state index contributed by atoms with van der Waals surface area (Å²) >= 11 is 0. The number of aryl methyl sites for hydroxylation is 1. The molecule has 2 rings (SSSR count). The van der Waals surface area contributed by atoms with E-state index in [1.807, 2.05) is 0 Å². The van der Waals surface area contributed by atoms with Gasteiger partial charge in [-0.25, -0.2) is 0 Å². The summed E-state index contributed by atoms with van der Waals surface area (Å²) in [7, 11) is 1.74. The van der Waals surface area contributed by atoms with Crippen LogP contribution in [0.4, 0.5) is 0 Å². The molecule has 2 nitrogen and oxygen atoms in total. The molecule has 2 heteroatoms. The van der Waals surface area contributed by atoms with Crippen LogP contribution in [0.1, 0.15) is 30.5 Å². The number of benzene rings is 1. The highest BCUT2D eigenvalue weighted by Crippen LogP contribution is 2.31. The monoisotopic (exact) mass is 191 g/mol. The van der Waals surface area contributed by atoms with Crippen molar-refractivity contribution >= 4 is 0 Å². The molecule has 76 valence electrons. The largest absolute Gasteiger partial charge is 0.496 e. The number of hydrogen-bond acceptors (Lipinski definition) is 2. The molecular weight excluding hydrogens is 174 g/mol. The van der Waals surface area contributed by atoms with E-state index in [9.17, 15) is 0 Å². The van der Waals surface area contributed by atoms with Gasteiger partial charge in [0.15, 0.2) is 0 Å². The van der Waals surface area contributed by atoms with E-state index in [2.05, 4.69) is 30.4 Å². The van der Waals surface area contributed by atoms with Crippen LogP contribution in [0.25, 0.3) is 0 Å². The fraction of sp³-hybridized carbons (Fsp3) is 0.500. The molecule has 14 heavy (non-hydrogen) atoms. The van der Waals surface area contributed by atoms with E-state index >= 15 is 0 Å². The van der Waals surface area contributed by atoms with Gasteiger partial charge in [0, 0.05) is 11.6 Å². The molecule has 1 aromatic carbocycles. The predicted octanol–water partition coefficient (Wildman–Crippen LogP) is 2.29. The molecule has 1 fully saturated rings. The molecule has 0 spiro atoms. The van der Waals surface area contributed by atoms with E-state index in [1.54, 1.807) is 7.11 Å². The van der Waals surface area contributed by atoms with Crippen LogP contribution < -0.4 is 10.1 Å². The molecule has 0 aromatic heterocycles. The van der Waals surface area contributed by atoms with Gasteiger partial charge in [-0.15, -0.1) is 0 Å². The minimum absolute atomic E-state index is 0.511. The van der Waals surface area contributed by atoms with Crippen molar-refractivity contribution in [3.63, 3.8) is 0 Å². The quantitative estimate of drug-likeness (QED) is 0.791. The Morgan fingerprint density at radius 3 is 2.79 bits per heavy atom. The van der Waals surface area contributed by atoms with Gasteiger partial charge in [-0.2, -0.15) is 0 Å². The number of methoxy groups -OCH3 is 1. The van der Waals surface area contributed by atoms with Gasteiger partial charge in [0.2, 0.25) is 0 Å². The summed E-state index contributed by atoms with van der Waals surface area (Å²) in [6, 6.07) is 6.99. The Kier molecular flexibility index (Phi) is 2.73. The molecule has 0 unspecified atom stereocenters. The van der Waals surface area contributed by atoms with Gasteiger partial charge in [0.1, 0.15) is 5.75 Å². The van der Waals surface area contributed by atoms with Crippen LogP contribution in [0.2, 0.25) is 0 Å². The molecule has 0 amide bonds. The first-order chi connectivity index (χ1) is 6.85. The summed E-state index contributed by atoms with van der Waals surface area (Å²) in [5, 5.41) is 3.41. The van der Waals surface area contributed by atoms with Crippen molar-refractivity contribution in [3.05, 3.63) is 29.3 Å². The molecular formula is C12H17NO. The Bertz CT molecular complexity index is 318. The molecule has 1 aliphatic rings. The highest BCUT2D eigenvalue weighted by atomic mass is 16.5. The van der Waals surface area contributed by atoms with Crippen molar-refractivity contribution in [2.75, 3.05) is 13.7 Å². The fourth-order valence-corrected chi connectivity index (χ4v) is 1.83. The molecule has 1 aliphatic heterocycles. The zero-order chi connectivity index (χ0) is 9.97. The van der Waals surface area contributed by atoms with E-state index in [0.29, 0.717) is 6.04 Å². The molecule has 0 saturated carbocycles. The molecule has 1 heterocycles. The van der Waals surface area contributed by atoms with Gasteiger partial charge in [-0.05, 0) is 31.0 Å². The van der Waals surface area contributed by atoms with Crippen molar-refractivity contribution < 1.29 is 4.74 Å². The fourth-order valence-electron chi connectivity index (χ4n) is 1.83. The average molecular weight is 191 g/mol. The lowest BCUT2D eigenvalue weighted by atomic mass is 9.95. The summed E-state index contributed by atoms with van der Waals surface area (Å²) in [5.74, 6) is 1.01. The maximum Gasteiger partial charge on any atom is 0.123 e. The van der Waals surface area contributed by atoms with Crippen LogP contribution >= 0.6 is 0 Å². The lowest BCUT2D eigenvalue weighted by molar-refractivity contribution is 0.353. The van der Waals surface area contributed by atoms with Crippen LogP contribution in [0.5, 0.6) is 5.75 Å². The maximum absolute atomic E-state index is 5.36. The van der Waals surface area contributed by atoms with E-state index in [4.69, 9.17) is 4.74 Å². The third kappa shape index (κ3) is 1.62. The summed E-state index contributed by atoms with van der Waals surface area (Å²) in [6.45, 7) is 3.31.